The lowest BCUT2D eigenvalue weighted by Crippen LogP contribution is -2.58. The molecule has 0 aromatic rings. The molecule has 1 unspecified atom stereocenters. The standard InChI is InChI=1S/C25H42O3/c1-16(5-8-22(27)28)19-6-7-20-18-10-12-23(2)15-17(26)9-14-25(23,4)21(18)11-13-24(19,20)3/h16-21,26H,5-15H2,1-4H3,(H,27,28)/t16-,17-,18+,19-,20+,21+,23?,24-,25-/m1/s1. The van der Waals surface area contributed by atoms with Crippen molar-refractivity contribution < 1.29 is 15.0 Å². The van der Waals surface area contributed by atoms with Crippen LogP contribution in [0.1, 0.15) is 98.3 Å². The Morgan fingerprint density at radius 2 is 1.75 bits per heavy atom. The van der Waals surface area contributed by atoms with Gasteiger partial charge in [-0.05, 0) is 110 Å². The van der Waals surface area contributed by atoms with Crippen molar-refractivity contribution in [2.24, 2.45) is 45.8 Å². The summed E-state index contributed by atoms with van der Waals surface area (Å²) in [5.74, 6) is 3.09. The molecule has 4 aliphatic carbocycles. The number of carboxylic acid groups (broad SMARTS) is 1. The monoisotopic (exact) mass is 390 g/mol. The molecule has 0 amide bonds. The van der Waals surface area contributed by atoms with Crippen LogP contribution < -0.4 is 0 Å². The van der Waals surface area contributed by atoms with E-state index < -0.39 is 5.97 Å². The van der Waals surface area contributed by atoms with Crippen molar-refractivity contribution in [1.29, 1.82) is 0 Å². The first kappa shape index (κ1) is 20.7. The van der Waals surface area contributed by atoms with Crippen LogP contribution in [0.3, 0.4) is 0 Å². The molecule has 28 heavy (non-hydrogen) atoms. The van der Waals surface area contributed by atoms with Crippen LogP contribution in [0.15, 0.2) is 0 Å². The predicted octanol–water partition coefficient (Wildman–Crippen LogP) is 5.90. The highest BCUT2D eigenvalue weighted by molar-refractivity contribution is 5.66. The van der Waals surface area contributed by atoms with Gasteiger partial charge in [0.1, 0.15) is 0 Å². The first-order chi connectivity index (χ1) is 13.1. The van der Waals surface area contributed by atoms with Crippen molar-refractivity contribution in [2.45, 2.75) is 104 Å². The summed E-state index contributed by atoms with van der Waals surface area (Å²) in [5, 5.41) is 19.5. The van der Waals surface area contributed by atoms with Crippen LogP contribution in [0.2, 0.25) is 0 Å². The molecule has 0 spiro atoms. The summed E-state index contributed by atoms with van der Waals surface area (Å²) in [6, 6.07) is 0. The van der Waals surface area contributed by atoms with Gasteiger partial charge in [0.15, 0.2) is 0 Å². The third kappa shape index (κ3) is 2.97. The highest BCUT2D eigenvalue weighted by Gasteiger charge is 2.63. The number of rotatable bonds is 4. The van der Waals surface area contributed by atoms with E-state index in [0.717, 1.165) is 37.0 Å². The SMILES string of the molecule is C[C@H](CCC(=O)O)[C@H]1CC[C@H]2[C@@H]3CCC4(C)C[C@H](O)CC[C@]4(C)[C@H]3CC[C@]12C. The fraction of sp³-hybridized carbons (Fsp3) is 0.960. The minimum absolute atomic E-state index is 0.0885. The lowest BCUT2D eigenvalue weighted by atomic mass is 9.40. The lowest BCUT2D eigenvalue weighted by molar-refractivity contribution is -0.171. The highest BCUT2D eigenvalue weighted by Crippen LogP contribution is 2.71. The smallest absolute Gasteiger partial charge is 0.303 e. The summed E-state index contributed by atoms with van der Waals surface area (Å²) >= 11 is 0. The van der Waals surface area contributed by atoms with E-state index in [1.54, 1.807) is 0 Å². The van der Waals surface area contributed by atoms with Crippen LogP contribution in [-0.4, -0.2) is 22.3 Å². The van der Waals surface area contributed by atoms with E-state index in [4.69, 9.17) is 5.11 Å². The van der Waals surface area contributed by atoms with E-state index in [9.17, 15) is 9.90 Å². The van der Waals surface area contributed by atoms with Crippen molar-refractivity contribution >= 4 is 5.97 Å². The summed E-state index contributed by atoms with van der Waals surface area (Å²) in [6.45, 7) is 9.92. The van der Waals surface area contributed by atoms with Crippen LogP contribution in [0.4, 0.5) is 0 Å². The largest absolute Gasteiger partial charge is 0.481 e. The van der Waals surface area contributed by atoms with Crippen molar-refractivity contribution in [2.75, 3.05) is 0 Å². The summed E-state index contributed by atoms with van der Waals surface area (Å²) < 4.78 is 0. The van der Waals surface area contributed by atoms with Crippen LogP contribution in [0.25, 0.3) is 0 Å². The second-order valence-corrected chi connectivity index (χ2v) is 11.9. The average Bonchev–Trinajstić information content (AvgIpc) is 2.98. The zero-order valence-electron chi connectivity index (χ0n) is 18.5. The Morgan fingerprint density at radius 1 is 1.00 bits per heavy atom. The number of aliphatic carboxylic acids is 1. The highest BCUT2D eigenvalue weighted by atomic mass is 16.4. The maximum atomic E-state index is 11.1. The van der Waals surface area contributed by atoms with Crippen LogP contribution in [-0.2, 0) is 4.79 Å². The van der Waals surface area contributed by atoms with Crippen molar-refractivity contribution in [3.63, 3.8) is 0 Å². The number of carboxylic acids is 1. The molecule has 0 heterocycles. The fourth-order valence-electron chi connectivity index (χ4n) is 9.14. The Bertz CT molecular complexity index is 617. The zero-order valence-corrected chi connectivity index (χ0v) is 18.5. The molecule has 4 fully saturated rings. The van der Waals surface area contributed by atoms with Gasteiger partial charge < -0.3 is 10.2 Å². The summed E-state index contributed by atoms with van der Waals surface area (Å²) in [4.78, 5) is 11.1. The number of hydrogen-bond donors (Lipinski definition) is 2. The number of hydrogen-bond acceptors (Lipinski definition) is 2. The topological polar surface area (TPSA) is 57.5 Å². The van der Waals surface area contributed by atoms with E-state index in [1.165, 1.54) is 44.9 Å². The van der Waals surface area contributed by atoms with Gasteiger partial charge in [-0.15, -0.1) is 0 Å². The molecular weight excluding hydrogens is 348 g/mol. The van der Waals surface area contributed by atoms with Crippen molar-refractivity contribution in [3.05, 3.63) is 0 Å². The molecule has 4 rings (SSSR count). The van der Waals surface area contributed by atoms with Gasteiger partial charge in [-0.3, -0.25) is 4.79 Å². The molecule has 0 aliphatic heterocycles. The Hall–Kier alpha value is -0.570. The molecule has 0 aromatic heterocycles. The summed E-state index contributed by atoms with van der Waals surface area (Å²) in [6.07, 6.45) is 12.2. The molecule has 160 valence electrons. The van der Waals surface area contributed by atoms with Crippen molar-refractivity contribution in [3.8, 4) is 0 Å². The first-order valence-corrected chi connectivity index (χ1v) is 12.0. The lowest BCUT2D eigenvalue weighted by Gasteiger charge is -2.65. The third-order valence-corrected chi connectivity index (χ3v) is 10.9. The quantitative estimate of drug-likeness (QED) is 0.628. The summed E-state index contributed by atoms with van der Waals surface area (Å²) in [5.41, 5.74) is 1.12. The Kier molecular flexibility index (Phi) is 5.17. The number of aliphatic hydroxyl groups is 1. The first-order valence-electron chi connectivity index (χ1n) is 12.0. The van der Waals surface area contributed by atoms with Crippen LogP contribution >= 0.6 is 0 Å². The van der Waals surface area contributed by atoms with E-state index in [1.807, 2.05) is 0 Å². The van der Waals surface area contributed by atoms with Gasteiger partial charge >= 0.3 is 5.97 Å². The third-order valence-electron chi connectivity index (χ3n) is 10.9. The van der Waals surface area contributed by atoms with Crippen LogP contribution in [0, 0.1) is 45.8 Å². The molecule has 0 bridgehead atoms. The van der Waals surface area contributed by atoms with Gasteiger partial charge in [0.05, 0.1) is 6.10 Å². The normalized spacial score (nSPS) is 51.7. The second-order valence-electron chi connectivity index (χ2n) is 11.9. The average molecular weight is 391 g/mol. The molecule has 3 nitrogen and oxygen atoms in total. The minimum Gasteiger partial charge on any atom is -0.481 e. The van der Waals surface area contributed by atoms with E-state index in [2.05, 4.69) is 27.7 Å². The Morgan fingerprint density at radius 3 is 2.46 bits per heavy atom. The predicted molar refractivity (Wildman–Crippen MR) is 112 cm³/mol. The number of carbonyl (C=O) groups is 1. The van der Waals surface area contributed by atoms with Gasteiger partial charge in [-0.1, -0.05) is 27.7 Å². The minimum atomic E-state index is -0.644. The molecule has 3 heteroatoms. The molecule has 2 N–H and O–H groups in total. The van der Waals surface area contributed by atoms with Crippen LogP contribution in [0.5, 0.6) is 0 Å². The van der Waals surface area contributed by atoms with Gasteiger partial charge in [0.25, 0.3) is 0 Å². The van der Waals surface area contributed by atoms with E-state index >= 15 is 0 Å². The molecule has 0 radical (unpaired) electrons. The molecule has 4 saturated carbocycles. The zero-order chi connectivity index (χ0) is 20.3. The molecule has 9 atom stereocenters. The Labute approximate surface area is 171 Å². The van der Waals surface area contributed by atoms with E-state index in [-0.39, 0.29) is 6.10 Å². The van der Waals surface area contributed by atoms with Gasteiger partial charge in [0, 0.05) is 6.42 Å². The second kappa shape index (κ2) is 7.00. The van der Waals surface area contributed by atoms with E-state index in [0.29, 0.717) is 34.5 Å². The van der Waals surface area contributed by atoms with Gasteiger partial charge in [-0.2, -0.15) is 0 Å². The summed E-state index contributed by atoms with van der Waals surface area (Å²) in [7, 11) is 0. The fourth-order valence-corrected chi connectivity index (χ4v) is 9.14. The molecule has 4 aliphatic rings. The Balaban J connectivity index is 1.54. The molecular formula is C25H42O3. The van der Waals surface area contributed by atoms with Gasteiger partial charge in [-0.25, -0.2) is 0 Å². The van der Waals surface area contributed by atoms with Gasteiger partial charge in [0.2, 0.25) is 0 Å². The number of fused-ring (bicyclic) bond motifs is 5. The molecule has 0 aromatic carbocycles. The van der Waals surface area contributed by atoms with Crippen molar-refractivity contribution in [1.82, 2.24) is 0 Å². The maximum absolute atomic E-state index is 11.1. The molecule has 0 saturated heterocycles. The number of aliphatic hydroxyl groups excluding tert-OH is 1. The maximum Gasteiger partial charge on any atom is 0.303 e.